The molecule has 0 unspecified atom stereocenters. The van der Waals surface area contributed by atoms with Gasteiger partial charge in [-0.1, -0.05) is 12.1 Å². The molecule has 1 aromatic rings. The van der Waals surface area contributed by atoms with Gasteiger partial charge in [0.25, 0.3) is 0 Å². The van der Waals surface area contributed by atoms with Crippen LogP contribution in [0.5, 0.6) is 0 Å². The number of hydrogen-bond donors (Lipinski definition) is 3. The molecule has 1 aliphatic rings. The van der Waals surface area contributed by atoms with Crippen LogP contribution in [0.3, 0.4) is 0 Å². The van der Waals surface area contributed by atoms with Crippen molar-refractivity contribution in [1.29, 1.82) is 0 Å². The lowest BCUT2D eigenvalue weighted by molar-refractivity contribution is -0.120. The first-order chi connectivity index (χ1) is 7.77. The third-order valence-electron chi connectivity index (χ3n) is 2.93. The van der Waals surface area contributed by atoms with Gasteiger partial charge < -0.3 is 16.4 Å². The molecule has 1 heterocycles. The van der Waals surface area contributed by atoms with Gasteiger partial charge in [-0.05, 0) is 38.1 Å². The molecular weight excluding hydrogens is 273 g/mol. The van der Waals surface area contributed by atoms with E-state index >= 15 is 0 Å². The Morgan fingerprint density at radius 2 is 1.83 bits per heavy atom. The third kappa shape index (κ3) is 4.37. The molecule has 1 fully saturated rings. The van der Waals surface area contributed by atoms with E-state index in [1.54, 1.807) is 6.07 Å². The van der Waals surface area contributed by atoms with Gasteiger partial charge in [0, 0.05) is 5.92 Å². The summed E-state index contributed by atoms with van der Waals surface area (Å²) < 4.78 is 0. The number of hydrogen-bond acceptors (Lipinski definition) is 3. The summed E-state index contributed by atoms with van der Waals surface area (Å²) in [6.07, 6.45) is 1.80. The van der Waals surface area contributed by atoms with Crippen LogP contribution in [0.25, 0.3) is 0 Å². The van der Waals surface area contributed by atoms with Crippen LogP contribution in [0, 0.1) is 5.92 Å². The molecule has 18 heavy (non-hydrogen) atoms. The van der Waals surface area contributed by atoms with Gasteiger partial charge in [-0.3, -0.25) is 4.79 Å². The van der Waals surface area contributed by atoms with E-state index in [4.69, 9.17) is 5.73 Å². The zero-order valence-corrected chi connectivity index (χ0v) is 11.7. The second kappa shape index (κ2) is 8.19. The summed E-state index contributed by atoms with van der Waals surface area (Å²) in [5, 5.41) is 6.13. The average molecular weight is 292 g/mol. The monoisotopic (exact) mass is 291 g/mol. The molecule has 4 nitrogen and oxygen atoms in total. The van der Waals surface area contributed by atoms with E-state index in [1.807, 2.05) is 18.2 Å². The van der Waals surface area contributed by atoms with Crippen LogP contribution < -0.4 is 16.4 Å². The van der Waals surface area contributed by atoms with Gasteiger partial charge in [0.2, 0.25) is 5.91 Å². The van der Waals surface area contributed by atoms with Gasteiger partial charge in [-0.25, -0.2) is 0 Å². The molecule has 0 bridgehead atoms. The van der Waals surface area contributed by atoms with E-state index in [0.29, 0.717) is 11.4 Å². The third-order valence-corrected chi connectivity index (χ3v) is 2.93. The molecule has 2 rings (SSSR count). The number of benzene rings is 1. The first-order valence-electron chi connectivity index (χ1n) is 5.63. The van der Waals surface area contributed by atoms with Crippen LogP contribution in [-0.2, 0) is 4.79 Å². The number of carbonyl (C=O) groups is 1. The Balaban J connectivity index is 0.00000144. The molecule has 102 valence electrons. The van der Waals surface area contributed by atoms with Crippen molar-refractivity contribution in [2.24, 2.45) is 5.92 Å². The predicted octanol–water partition coefficient (Wildman–Crippen LogP) is 2.05. The summed E-state index contributed by atoms with van der Waals surface area (Å²) in [6.45, 7) is 1.84. The summed E-state index contributed by atoms with van der Waals surface area (Å²) in [6, 6.07) is 7.34. The normalized spacial score (nSPS) is 15.1. The average Bonchev–Trinajstić information content (AvgIpc) is 2.33. The molecule has 0 aliphatic carbocycles. The largest absolute Gasteiger partial charge is 0.397 e. The molecule has 6 heteroatoms. The Morgan fingerprint density at radius 1 is 1.22 bits per heavy atom. The van der Waals surface area contributed by atoms with Crippen molar-refractivity contribution >= 4 is 42.1 Å². The maximum Gasteiger partial charge on any atom is 0.227 e. The lowest BCUT2D eigenvalue weighted by Gasteiger charge is -2.22. The van der Waals surface area contributed by atoms with Crippen molar-refractivity contribution in [3.05, 3.63) is 24.3 Å². The molecule has 0 spiro atoms. The van der Waals surface area contributed by atoms with Crippen LogP contribution in [0.4, 0.5) is 11.4 Å². The molecule has 0 saturated carbocycles. The Hall–Kier alpha value is -0.970. The van der Waals surface area contributed by atoms with Crippen molar-refractivity contribution in [3.8, 4) is 0 Å². The summed E-state index contributed by atoms with van der Waals surface area (Å²) in [5.74, 6) is 0.195. The van der Waals surface area contributed by atoms with Crippen molar-refractivity contribution in [2.75, 3.05) is 24.1 Å². The minimum absolute atomic E-state index is 0. The van der Waals surface area contributed by atoms with Crippen molar-refractivity contribution in [1.82, 2.24) is 5.32 Å². The van der Waals surface area contributed by atoms with E-state index in [9.17, 15) is 4.79 Å². The lowest BCUT2D eigenvalue weighted by Crippen LogP contribution is -2.34. The summed E-state index contributed by atoms with van der Waals surface area (Å²) >= 11 is 0. The first kappa shape index (κ1) is 17.0. The van der Waals surface area contributed by atoms with Gasteiger partial charge in [0.1, 0.15) is 0 Å². The Kier molecular flexibility index (Phi) is 7.75. The van der Waals surface area contributed by atoms with Gasteiger partial charge in [0.05, 0.1) is 11.4 Å². The highest BCUT2D eigenvalue weighted by Crippen LogP contribution is 2.20. The summed E-state index contributed by atoms with van der Waals surface area (Å²) in [5.41, 5.74) is 7.10. The summed E-state index contributed by atoms with van der Waals surface area (Å²) in [4.78, 5) is 11.9. The molecule has 1 amide bonds. The topological polar surface area (TPSA) is 67.1 Å². The van der Waals surface area contributed by atoms with Crippen LogP contribution in [0.2, 0.25) is 0 Å². The fraction of sp³-hybridized carbons (Fsp3) is 0.417. The Morgan fingerprint density at radius 3 is 2.44 bits per heavy atom. The Bertz CT molecular complexity index is 381. The van der Waals surface area contributed by atoms with Crippen LogP contribution in [0.15, 0.2) is 24.3 Å². The fourth-order valence-corrected chi connectivity index (χ4v) is 1.93. The number of anilines is 2. The SMILES string of the molecule is Cl.Cl.Nc1ccccc1NC(=O)C1CCNCC1. The molecule has 0 radical (unpaired) electrons. The lowest BCUT2D eigenvalue weighted by atomic mass is 9.97. The number of carbonyl (C=O) groups excluding carboxylic acids is 1. The maximum atomic E-state index is 11.9. The van der Waals surface area contributed by atoms with E-state index < -0.39 is 0 Å². The maximum absolute atomic E-state index is 11.9. The quantitative estimate of drug-likeness (QED) is 0.731. The van der Waals surface area contributed by atoms with Crippen LogP contribution in [0.1, 0.15) is 12.8 Å². The van der Waals surface area contributed by atoms with Gasteiger partial charge in [-0.15, -0.1) is 24.8 Å². The molecule has 1 saturated heterocycles. The predicted molar refractivity (Wildman–Crippen MR) is 79.6 cm³/mol. The van der Waals surface area contributed by atoms with Crippen molar-refractivity contribution in [3.63, 3.8) is 0 Å². The molecular formula is C12H19Cl2N3O. The second-order valence-electron chi connectivity index (χ2n) is 4.10. The number of nitrogens with one attached hydrogen (secondary N) is 2. The van der Waals surface area contributed by atoms with E-state index in [-0.39, 0.29) is 36.6 Å². The highest BCUT2D eigenvalue weighted by molar-refractivity contribution is 5.95. The number of piperidine rings is 1. The molecule has 1 aromatic carbocycles. The van der Waals surface area contributed by atoms with Gasteiger partial charge in [0.15, 0.2) is 0 Å². The van der Waals surface area contributed by atoms with Gasteiger partial charge >= 0.3 is 0 Å². The minimum atomic E-state index is 0. The Labute approximate surface area is 120 Å². The minimum Gasteiger partial charge on any atom is -0.397 e. The van der Waals surface area contributed by atoms with Crippen LogP contribution in [-0.4, -0.2) is 19.0 Å². The number of para-hydroxylation sites is 2. The number of nitrogen functional groups attached to an aromatic ring is 1. The smallest absolute Gasteiger partial charge is 0.227 e. The van der Waals surface area contributed by atoms with E-state index in [1.165, 1.54) is 0 Å². The zero-order chi connectivity index (χ0) is 11.4. The van der Waals surface area contributed by atoms with E-state index in [0.717, 1.165) is 25.9 Å². The molecule has 1 aliphatic heterocycles. The molecule has 4 N–H and O–H groups in total. The zero-order valence-electron chi connectivity index (χ0n) is 10.0. The van der Waals surface area contributed by atoms with E-state index in [2.05, 4.69) is 10.6 Å². The number of halogens is 2. The molecule has 0 atom stereocenters. The number of rotatable bonds is 2. The fourth-order valence-electron chi connectivity index (χ4n) is 1.93. The molecule has 0 aromatic heterocycles. The standard InChI is InChI=1S/C12H17N3O.2ClH/c13-10-3-1-2-4-11(10)15-12(16)9-5-7-14-8-6-9;;/h1-4,9,14H,5-8,13H2,(H,15,16);2*1H. The van der Waals surface area contributed by atoms with Crippen LogP contribution >= 0.6 is 24.8 Å². The van der Waals surface area contributed by atoms with Crippen molar-refractivity contribution in [2.45, 2.75) is 12.8 Å². The highest BCUT2D eigenvalue weighted by Gasteiger charge is 2.21. The number of amides is 1. The first-order valence-corrected chi connectivity index (χ1v) is 5.63. The highest BCUT2D eigenvalue weighted by atomic mass is 35.5. The second-order valence-corrected chi connectivity index (χ2v) is 4.10. The van der Waals surface area contributed by atoms with Crippen molar-refractivity contribution < 1.29 is 4.79 Å². The number of nitrogens with two attached hydrogens (primary N) is 1. The van der Waals surface area contributed by atoms with Gasteiger partial charge in [-0.2, -0.15) is 0 Å². The summed E-state index contributed by atoms with van der Waals surface area (Å²) in [7, 11) is 0.